The van der Waals surface area contributed by atoms with Crippen molar-refractivity contribution in [2.24, 2.45) is 5.92 Å². The number of nitrogens with one attached hydrogen (secondary N) is 1. The molecule has 0 amide bonds. The van der Waals surface area contributed by atoms with E-state index in [1.54, 1.807) is 12.1 Å². The lowest BCUT2D eigenvalue weighted by Gasteiger charge is -2.30. The number of nitrogens with zero attached hydrogens (tertiary/aromatic N) is 1. The summed E-state index contributed by atoms with van der Waals surface area (Å²) in [5, 5.41) is 14.9. The first-order valence-electron chi connectivity index (χ1n) is 6.70. The average molecular weight is 283 g/mol. The van der Waals surface area contributed by atoms with E-state index in [4.69, 9.17) is 11.6 Å². The number of rotatable bonds is 3. The molecule has 2 rings (SSSR count). The van der Waals surface area contributed by atoms with Crippen LogP contribution in [0.25, 0.3) is 0 Å². The number of nitro benzene ring substituents is 1. The second-order valence-electron chi connectivity index (χ2n) is 5.41. The van der Waals surface area contributed by atoms with Gasteiger partial charge in [0.25, 0.3) is 5.69 Å². The molecule has 1 fully saturated rings. The number of aryl methyl sites for hydroxylation is 1. The summed E-state index contributed by atoms with van der Waals surface area (Å²) in [7, 11) is 0. The van der Waals surface area contributed by atoms with E-state index in [1.807, 2.05) is 6.92 Å². The van der Waals surface area contributed by atoms with Gasteiger partial charge in [-0.05, 0) is 37.3 Å². The largest absolute Gasteiger partial charge is 0.375 e. The Hall–Kier alpha value is -1.29. The standard InChI is InChI=1S/C14H19ClN2O2/c1-9-7-11(15)14(13(8-9)17(18)19)16-12-6-4-3-5-10(12)2/h7-8,10,12,16H,3-6H2,1-2H3. The number of benzene rings is 1. The molecule has 1 N–H and O–H groups in total. The highest BCUT2D eigenvalue weighted by molar-refractivity contribution is 6.33. The zero-order valence-corrected chi connectivity index (χ0v) is 12.0. The highest BCUT2D eigenvalue weighted by atomic mass is 35.5. The van der Waals surface area contributed by atoms with Gasteiger partial charge >= 0.3 is 0 Å². The Kier molecular flexibility index (Phi) is 4.30. The van der Waals surface area contributed by atoms with Crippen LogP contribution in [0.1, 0.15) is 38.2 Å². The SMILES string of the molecule is Cc1cc(Cl)c(NC2CCCCC2C)c([N+](=O)[O-])c1. The molecular weight excluding hydrogens is 264 g/mol. The Morgan fingerprint density at radius 1 is 1.37 bits per heavy atom. The van der Waals surface area contributed by atoms with Gasteiger partial charge in [0.2, 0.25) is 0 Å². The molecule has 5 heteroatoms. The quantitative estimate of drug-likeness (QED) is 0.654. The predicted octanol–water partition coefficient (Wildman–Crippen LogP) is 4.55. The Bertz CT molecular complexity index is 491. The van der Waals surface area contributed by atoms with Crippen molar-refractivity contribution < 1.29 is 4.92 Å². The van der Waals surface area contributed by atoms with Gasteiger partial charge in [-0.15, -0.1) is 0 Å². The Labute approximate surface area is 118 Å². The summed E-state index contributed by atoms with van der Waals surface area (Å²) in [6, 6.07) is 3.61. The monoisotopic (exact) mass is 282 g/mol. The molecule has 0 aliphatic heterocycles. The van der Waals surface area contributed by atoms with Crippen molar-refractivity contribution in [1.29, 1.82) is 0 Å². The second-order valence-corrected chi connectivity index (χ2v) is 5.82. The van der Waals surface area contributed by atoms with E-state index in [2.05, 4.69) is 12.2 Å². The maximum atomic E-state index is 11.2. The van der Waals surface area contributed by atoms with E-state index >= 15 is 0 Å². The highest BCUT2D eigenvalue weighted by Crippen LogP contribution is 2.36. The fourth-order valence-electron chi connectivity index (χ4n) is 2.73. The van der Waals surface area contributed by atoms with Gasteiger partial charge in [-0.25, -0.2) is 0 Å². The van der Waals surface area contributed by atoms with E-state index in [0.29, 0.717) is 16.6 Å². The van der Waals surface area contributed by atoms with Crippen LogP contribution in [0, 0.1) is 23.0 Å². The minimum Gasteiger partial charge on any atom is -0.375 e. The van der Waals surface area contributed by atoms with E-state index in [-0.39, 0.29) is 16.7 Å². The van der Waals surface area contributed by atoms with Crippen LogP contribution < -0.4 is 5.32 Å². The zero-order valence-electron chi connectivity index (χ0n) is 11.3. The number of hydrogen-bond acceptors (Lipinski definition) is 3. The molecule has 1 aromatic rings. The van der Waals surface area contributed by atoms with E-state index in [1.165, 1.54) is 12.8 Å². The number of nitro groups is 1. The fraction of sp³-hybridized carbons (Fsp3) is 0.571. The van der Waals surface area contributed by atoms with Gasteiger partial charge < -0.3 is 5.32 Å². The van der Waals surface area contributed by atoms with Gasteiger partial charge in [-0.2, -0.15) is 0 Å². The Morgan fingerprint density at radius 2 is 2.05 bits per heavy atom. The van der Waals surface area contributed by atoms with Crippen LogP contribution >= 0.6 is 11.6 Å². The summed E-state index contributed by atoms with van der Waals surface area (Å²) in [4.78, 5) is 10.8. The van der Waals surface area contributed by atoms with Gasteiger partial charge in [0.1, 0.15) is 5.69 Å². The molecule has 2 unspecified atom stereocenters. The molecule has 0 bridgehead atoms. The molecule has 0 spiro atoms. The van der Waals surface area contributed by atoms with Crippen LogP contribution in [-0.2, 0) is 0 Å². The first-order valence-corrected chi connectivity index (χ1v) is 7.08. The normalized spacial score (nSPS) is 23.1. The van der Waals surface area contributed by atoms with Crippen LogP contribution in [0.15, 0.2) is 12.1 Å². The maximum Gasteiger partial charge on any atom is 0.294 e. The molecule has 1 aliphatic carbocycles. The topological polar surface area (TPSA) is 55.2 Å². The van der Waals surface area contributed by atoms with Crippen molar-refractivity contribution in [1.82, 2.24) is 0 Å². The van der Waals surface area contributed by atoms with Crippen LogP contribution in [0.4, 0.5) is 11.4 Å². The Balaban J connectivity index is 2.30. The number of anilines is 1. The van der Waals surface area contributed by atoms with Crippen molar-refractivity contribution >= 4 is 23.0 Å². The summed E-state index contributed by atoms with van der Waals surface area (Å²) in [5.74, 6) is 0.519. The fourth-order valence-corrected chi connectivity index (χ4v) is 3.05. The van der Waals surface area contributed by atoms with E-state index in [0.717, 1.165) is 18.4 Å². The van der Waals surface area contributed by atoms with Crippen LogP contribution in [0.2, 0.25) is 5.02 Å². The lowest BCUT2D eigenvalue weighted by Crippen LogP contribution is -2.30. The van der Waals surface area contributed by atoms with Gasteiger partial charge in [0.15, 0.2) is 0 Å². The van der Waals surface area contributed by atoms with Gasteiger partial charge in [-0.3, -0.25) is 10.1 Å². The van der Waals surface area contributed by atoms with Crippen LogP contribution in [-0.4, -0.2) is 11.0 Å². The van der Waals surface area contributed by atoms with E-state index < -0.39 is 0 Å². The Morgan fingerprint density at radius 3 is 2.68 bits per heavy atom. The molecule has 0 heterocycles. The predicted molar refractivity (Wildman–Crippen MR) is 77.9 cm³/mol. The summed E-state index contributed by atoms with van der Waals surface area (Å²) in [6.07, 6.45) is 4.61. The number of halogens is 1. The lowest BCUT2D eigenvalue weighted by molar-refractivity contribution is -0.384. The number of hydrogen-bond donors (Lipinski definition) is 1. The first-order chi connectivity index (χ1) is 8.99. The summed E-state index contributed by atoms with van der Waals surface area (Å²) in [6.45, 7) is 4.00. The van der Waals surface area contributed by atoms with Gasteiger partial charge in [0, 0.05) is 12.1 Å². The summed E-state index contributed by atoms with van der Waals surface area (Å²) < 4.78 is 0. The van der Waals surface area contributed by atoms with Crippen molar-refractivity contribution in [2.75, 3.05) is 5.32 Å². The highest BCUT2D eigenvalue weighted by Gasteiger charge is 2.25. The lowest BCUT2D eigenvalue weighted by atomic mass is 9.86. The molecular formula is C14H19ClN2O2. The van der Waals surface area contributed by atoms with Crippen molar-refractivity contribution in [2.45, 2.75) is 45.6 Å². The van der Waals surface area contributed by atoms with Gasteiger partial charge in [-0.1, -0.05) is 31.4 Å². The molecule has 104 valence electrons. The summed E-state index contributed by atoms with van der Waals surface area (Å²) >= 11 is 6.18. The smallest absolute Gasteiger partial charge is 0.294 e. The molecule has 19 heavy (non-hydrogen) atoms. The van der Waals surface area contributed by atoms with Crippen molar-refractivity contribution in [3.8, 4) is 0 Å². The minimum atomic E-state index is -0.366. The van der Waals surface area contributed by atoms with Gasteiger partial charge in [0.05, 0.1) is 9.95 Å². The molecule has 0 radical (unpaired) electrons. The molecule has 2 atom stereocenters. The van der Waals surface area contributed by atoms with Crippen LogP contribution in [0.5, 0.6) is 0 Å². The summed E-state index contributed by atoms with van der Waals surface area (Å²) in [5.41, 5.74) is 1.35. The second kappa shape index (κ2) is 5.78. The van der Waals surface area contributed by atoms with E-state index in [9.17, 15) is 10.1 Å². The third-order valence-corrected chi connectivity index (χ3v) is 4.15. The third kappa shape index (κ3) is 3.18. The first kappa shape index (κ1) is 14.1. The molecule has 0 saturated heterocycles. The molecule has 4 nitrogen and oxygen atoms in total. The van der Waals surface area contributed by atoms with Crippen LogP contribution in [0.3, 0.4) is 0 Å². The molecule has 1 aliphatic rings. The molecule has 1 saturated carbocycles. The third-order valence-electron chi connectivity index (χ3n) is 3.85. The molecule has 1 aromatic carbocycles. The maximum absolute atomic E-state index is 11.2. The van der Waals surface area contributed by atoms with Crippen molar-refractivity contribution in [3.05, 3.63) is 32.8 Å². The average Bonchev–Trinajstić information content (AvgIpc) is 2.34. The molecule has 0 aromatic heterocycles. The zero-order chi connectivity index (χ0) is 14.0. The van der Waals surface area contributed by atoms with Crippen molar-refractivity contribution in [3.63, 3.8) is 0 Å². The minimum absolute atomic E-state index is 0.0720.